The van der Waals surface area contributed by atoms with Gasteiger partial charge in [0.1, 0.15) is 23.7 Å². The zero-order valence-corrected chi connectivity index (χ0v) is 39.4. The van der Waals surface area contributed by atoms with Crippen LogP contribution in [0.2, 0.25) is 10.0 Å². The van der Waals surface area contributed by atoms with Crippen LogP contribution in [0.4, 0.5) is 11.4 Å². The van der Waals surface area contributed by atoms with Gasteiger partial charge in [-0.2, -0.15) is 0 Å². The molecule has 3 unspecified atom stereocenters. The topological polar surface area (TPSA) is 119 Å². The van der Waals surface area contributed by atoms with E-state index in [1.165, 1.54) is 0 Å². The van der Waals surface area contributed by atoms with Crippen LogP contribution in [-0.2, 0) is 9.59 Å². The number of rotatable bonds is 13. The maximum Gasteiger partial charge on any atom is 0.250 e. The van der Waals surface area contributed by atoms with Crippen LogP contribution in [0.1, 0.15) is 85.3 Å². The van der Waals surface area contributed by atoms with E-state index in [1.807, 2.05) is 114 Å². The van der Waals surface area contributed by atoms with E-state index >= 15 is 0 Å². The Bertz CT molecular complexity index is 3250. The molecule has 1 amide bonds. The number of benzene rings is 7. The number of fused-ring (bicyclic) bond motifs is 2. The van der Waals surface area contributed by atoms with Crippen molar-refractivity contribution >= 4 is 68.3 Å². The Morgan fingerprint density at radius 1 is 0.536 bits per heavy atom. The number of aromatic amines is 2. The van der Waals surface area contributed by atoms with Crippen LogP contribution in [0.15, 0.2) is 170 Å². The van der Waals surface area contributed by atoms with Gasteiger partial charge in [-0.1, -0.05) is 133 Å². The number of ketones is 1. The van der Waals surface area contributed by atoms with Crippen LogP contribution in [-0.4, -0.2) is 43.1 Å². The highest BCUT2D eigenvalue weighted by atomic mass is 35.5. The fourth-order valence-corrected chi connectivity index (χ4v) is 10.7. The standard InChI is InChI=1S/C58H51Cl2N7O2/c59-42-27-21-38(22-28-42)53(61-44-10-3-1-4-11-44)55(68)46-14-7-8-15-47(46)56-63-48-31-25-40(34-50(48)65-56)36-17-19-37(20-18-36)41-26-32-49-51(35-41)66-57(64-49)52-16-9-33-67(52)58(69)54(39-23-29-43(60)30-24-39)62-45-12-5-2-6-13-45/h1-6,10-13,17-32,34-35,46-47,52-54,61-62H,7-9,14-16,33H2,(H,63,65)(H,64,66)/t46?,47-,52+,53?,54?/m1/s1. The van der Waals surface area contributed by atoms with Crippen molar-refractivity contribution in [2.45, 2.75) is 62.6 Å². The quantitative estimate of drug-likeness (QED) is 0.0914. The predicted octanol–water partition coefficient (Wildman–Crippen LogP) is 14.3. The van der Waals surface area contributed by atoms with Crippen molar-refractivity contribution in [2.24, 2.45) is 5.92 Å². The number of anilines is 2. The molecule has 4 N–H and O–H groups in total. The van der Waals surface area contributed by atoms with E-state index in [0.717, 1.165) is 117 Å². The van der Waals surface area contributed by atoms with Gasteiger partial charge < -0.3 is 25.5 Å². The van der Waals surface area contributed by atoms with Gasteiger partial charge in [-0.25, -0.2) is 9.97 Å². The smallest absolute Gasteiger partial charge is 0.250 e. The molecule has 0 spiro atoms. The lowest BCUT2D eigenvalue weighted by molar-refractivity contribution is -0.133. The molecule has 0 bridgehead atoms. The molecule has 2 aromatic heterocycles. The first kappa shape index (κ1) is 44.3. The number of halogens is 2. The van der Waals surface area contributed by atoms with Gasteiger partial charge in [0.2, 0.25) is 5.91 Å². The Balaban J connectivity index is 0.805. The van der Waals surface area contributed by atoms with Crippen molar-refractivity contribution in [3.8, 4) is 22.3 Å². The van der Waals surface area contributed by atoms with Gasteiger partial charge >= 0.3 is 0 Å². The zero-order chi connectivity index (χ0) is 46.8. The Morgan fingerprint density at radius 2 is 1.03 bits per heavy atom. The number of Topliss-reactive ketones (excluding diaryl/α,β-unsaturated/α-hetero) is 1. The molecule has 2 aliphatic rings. The molecule has 2 fully saturated rings. The minimum atomic E-state index is -0.585. The second kappa shape index (κ2) is 19.4. The van der Waals surface area contributed by atoms with Crippen LogP contribution in [0.25, 0.3) is 44.3 Å². The van der Waals surface area contributed by atoms with E-state index in [1.54, 1.807) is 0 Å². The van der Waals surface area contributed by atoms with E-state index < -0.39 is 12.1 Å². The second-order valence-electron chi connectivity index (χ2n) is 18.4. The minimum absolute atomic E-state index is 0.00167. The highest BCUT2D eigenvalue weighted by molar-refractivity contribution is 6.30. The fraction of sp³-hybridized carbons (Fsp3) is 0.207. The van der Waals surface area contributed by atoms with Gasteiger partial charge in [0.15, 0.2) is 5.78 Å². The van der Waals surface area contributed by atoms with Crippen molar-refractivity contribution < 1.29 is 9.59 Å². The third kappa shape index (κ3) is 9.37. The minimum Gasteiger partial charge on any atom is -0.372 e. The number of nitrogens with one attached hydrogen (secondary N) is 4. The normalized spacial score (nSPS) is 18.0. The number of imidazole rings is 2. The summed E-state index contributed by atoms with van der Waals surface area (Å²) < 4.78 is 0. The van der Waals surface area contributed by atoms with E-state index in [9.17, 15) is 9.59 Å². The zero-order valence-electron chi connectivity index (χ0n) is 37.9. The summed E-state index contributed by atoms with van der Waals surface area (Å²) in [7, 11) is 0. The number of carbonyl (C=O) groups is 2. The third-order valence-corrected chi connectivity index (χ3v) is 14.5. The molecule has 7 aromatic carbocycles. The van der Waals surface area contributed by atoms with Gasteiger partial charge in [-0.3, -0.25) is 9.59 Å². The van der Waals surface area contributed by atoms with Crippen molar-refractivity contribution in [2.75, 3.05) is 17.2 Å². The highest BCUT2D eigenvalue weighted by Gasteiger charge is 2.39. The molecule has 1 saturated carbocycles. The Kier molecular flexibility index (Phi) is 12.5. The van der Waals surface area contributed by atoms with E-state index in [-0.39, 0.29) is 29.6 Å². The predicted molar refractivity (Wildman–Crippen MR) is 279 cm³/mol. The maximum absolute atomic E-state index is 14.7. The maximum atomic E-state index is 14.7. The summed E-state index contributed by atoms with van der Waals surface area (Å²) in [5.41, 5.74) is 11.5. The average Bonchev–Trinajstić information content (AvgIpc) is 4.17. The Hall–Kier alpha value is -7.20. The molecule has 1 aliphatic carbocycles. The molecule has 3 heterocycles. The van der Waals surface area contributed by atoms with Crippen LogP contribution in [0.5, 0.6) is 0 Å². The molecule has 1 saturated heterocycles. The highest BCUT2D eigenvalue weighted by Crippen LogP contribution is 2.42. The third-order valence-electron chi connectivity index (χ3n) is 14.0. The van der Waals surface area contributed by atoms with E-state index in [0.29, 0.717) is 16.6 Å². The van der Waals surface area contributed by atoms with Crippen LogP contribution in [0, 0.1) is 5.92 Å². The lowest BCUT2D eigenvalue weighted by Crippen LogP contribution is -2.38. The number of likely N-dealkylation sites (tertiary alicyclic amines) is 1. The van der Waals surface area contributed by atoms with Crippen LogP contribution < -0.4 is 10.6 Å². The van der Waals surface area contributed by atoms with Gasteiger partial charge in [-0.05, 0) is 132 Å². The number of amides is 1. The molecule has 5 atom stereocenters. The van der Waals surface area contributed by atoms with Gasteiger partial charge in [0.25, 0.3) is 0 Å². The Labute approximate surface area is 411 Å². The molecular formula is C58H51Cl2N7O2. The second-order valence-corrected chi connectivity index (χ2v) is 19.2. The number of H-pyrrole nitrogens is 2. The van der Waals surface area contributed by atoms with Crippen molar-refractivity contribution in [3.63, 3.8) is 0 Å². The fourth-order valence-electron chi connectivity index (χ4n) is 10.4. The summed E-state index contributed by atoms with van der Waals surface area (Å²) in [6, 6.07) is 54.8. The number of hydrogen-bond donors (Lipinski definition) is 4. The summed E-state index contributed by atoms with van der Waals surface area (Å²) in [5.74, 6) is 1.62. The SMILES string of the molecule is O=C(C(Nc1ccccc1)c1ccc(Cl)cc1)C1CCCC[C@H]1c1nc2ccc(-c3ccc(-c4ccc5nc([C@@H]6CCCN6C(=O)C(Nc6ccccc6)c6ccc(Cl)cc6)[nH]c5c4)cc3)cc2[nH]1. The molecular weight excluding hydrogens is 898 g/mol. The first-order chi connectivity index (χ1) is 33.8. The van der Waals surface area contributed by atoms with Gasteiger partial charge in [0, 0.05) is 39.8 Å². The number of para-hydroxylation sites is 2. The summed E-state index contributed by atoms with van der Waals surface area (Å²) in [6.07, 6.45) is 5.47. The van der Waals surface area contributed by atoms with E-state index in [2.05, 4.69) is 81.3 Å². The summed E-state index contributed by atoms with van der Waals surface area (Å²) in [6.45, 7) is 0.648. The largest absolute Gasteiger partial charge is 0.372 e. The molecule has 9 nitrogen and oxygen atoms in total. The van der Waals surface area contributed by atoms with Crippen molar-refractivity contribution in [1.29, 1.82) is 0 Å². The van der Waals surface area contributed by atoms with Gasteiger partial charge in [-0.15, -0.1) is 0 Å². The van der Waals surface area contributed by atoms with Gasteiger partial charge in [0.05, 0.1) is 28.1 Å². The van der Waals surface area contributed by atoms with Crippen molar-refractivity contribution in [3.05, 3.63) is 203 Å². The summed E-state index contributed by atoms with van der Waals surface area (Å²) in [5, 5.41) is 8.30. The average molecular weight is 949 g/mol. The first-order valence-electron chi connectivity index (χ1n) is 23.9. The van der Waals surface area contributed by atoms with Crippen LogP contribution >= 0.6 is 23.2 Å². The molecule has 9 aromatic rings. The summed E-state index contributed by atoms with van der Waals surface area (Å²) in [4.78, 5) is 48.5. The first-order valence-corrected chi connectivity index (χ1v) is 24.7. The van der Waals surface area contributed by atoms with Crippen molar-refractivity contribution in [1.82, 2.24) is 24.8 Å². The molecule has 0 radical (unpaired) electrons. The number of aromatic nitrogens is 4. The lowest BCUT2D eigenvalue weighted by Gasteiger charge is -2.32. The number of hydrogen-bond acceptors (Lipinski definition) is 6. The monoisotopic (exact) mass is 947 g/mol. The summed E-state index contributed by atoms with van der Waals surface area (Å²) >= 11 is 12.5. The molecule has 11 heteroatoms. The number of carbonyl (C=O) groups excluding carboxylic acids is 2. The Morgan fingerprint density at radius 3 is 1.61 bits per heavy atom. The lowest BCUT2D eigenvalue weighted by atomic mass is 9.74. The molecule has 69 heavy (non-hydrogen) atoms. The molecule has 344 valence electrons. The molecule has 1 aliphatic heterocycles. The molecule has 11 rings (SSSR count). The van der Waals surface area contributed by atoms with E-state index in [4.69, 9.17) is 33.2 Å². The number of nitrogens with zero attached hydrogens (tertiary/aromatic N) is 3. The van der Waals surface area contributed by atoms with Crippen LogP contribution in [0.3, 0.4) is 0 Å².